The number of alkyl carbamates (subject to hydrolysis) is 1. The standard InChI is InChI=1S/C33H46ClN3O4/c1-4-22-9-5-10-23(19-22)29-27(12-6-13-28(29)34)33(39,16-8-17-36-32(38)40-3)25-11-7-18-37(21-25)31-30(41-31)24-14-15-26(20-24)35-2/h5-6,9-10,12-13,19,24-26,30-31,35,39H,4,7-8,11,14-18,20-21H2,1-3H3,(H,36,38)/t24-,25-,26+,30?,31?,33+/m1/s1. The monoisotopic (exact) mass is 583 g/mol. The van der Waals surface area contributed by atoms with E-state index in [0.29, 0.717) is 42.5 Å². The van der Waals surface area contributed by atoms with E-state index in [-0.39, 0.29) is 12.1 Å². The van der Waals surface area contributed by atoms with Gasteiger partial charge in [-0.2, -0.15) is 0 Å². The van der Waals surface area contributed by atoms with Crippen molar-refractivity contribution >= 4 is 17.7 Å². The Labute approximate surface area is 249 Å². The quantitative estimate of drug-likeness (QED) is 0.232. The summed E-state index contributed by atoms with van der Waals surface area (Å²) in [6.45, 7) is 4.33. The number of benzene rings is 2. The molecule has 2 saturated heterocycles. The van der Waals surface area contributed by atoms with Crippen LogP contribution in [0.25, 0.3) is 11.1 Å². The van der Waals surface area contributed by atoms with E-state index in [1.165, 1.54) is 31.9 Å². The molecule has 1 saturated carbocycles. The molecule has 2 unspecified atom stereocenters. The van der Waals surface area contributed by atoms with Crippen molar-refractivity contribution in [3.8, 4) is 11.1 Å². The number of piperidine rings is 1. The van der Waals surface area contributed by atoms with Crippen LogP contribution in [0, 0.1) is 11.8 Å². The zero-order valence-corrected chi connectivity index (χ0v) is 25.5. The van der Waals surface area contributed by atoms with E-state index >= 15 is 0 Å². The molecule has 0 radical (unpaired) electrons. The molecule has 6 atom stereocenters. The highest BCUT2D eigenvalue weighted by Crippen LogP contribution is 2.48. The van der Waals surface area contributed by atoms with E-state index in [0.717, 1.165) is 49.0 Å². The van der Waals surface area contributed by atoms with Crippen LogP contribution in [-0.4, -0.2) is 68.3 Å². The number of epoxide rings is 1. The highest BCUT2D eigenvalue weighted by atomic mass is 35.5. The van der Waals surface area contributed by atoms with Gasteiger partial charge in [0.1, 0.15) is 12.3 Å². The van der Waals surface area contributed by atoms with E-state index in [9.17, 15) is 9.90 Å². The first-order valence-corrected chi connectivity index (χ1v) is 15.7. The maximum Gasteiger partial charge on any atom is 0.406 e. The lowest BCUT2D eigenvalue weighted by Crippen LogP contribution is -2.48. The van der Waals surface area contributed by atoms with Gasteiger partial charge in [0.25, 0.3) is 0 Å². The minimum atomic E-state index is -1.13. The number of carbonyl (C=O) groups excluding carboxylic acids is 1. The smallest absolute Gasteiger partial charge is 0.406 e. The van der Waals surface area contributed by atoms with Crippen molar-refractivity contribution in [2.45, 2.75) is 82.3 Å². The van der Waals surface area contributed by atoms with Gasteiger partial charge in [0, 0.05) is 42.2 Å². The molecular formula is C33H46ClN3O4. The van der Waals surface area contributed by atoms with Gasteiger partial charge in [0.05, 0.1) is 12.7 Å². The second-order valence-electron chi connectivity index (χ2n) is 12.0. The number of methoxy groups -OCH3 is 1. The molecule has 224 valence electrons. The Kier molecular flexibility index (Phi) is 9.93. The summed E-state index contributed by atoms with van der Waals surface area (Å²) in [7, 11) is 3.42. The zero-order chi connectivity index (χ0) is 29.0. The number of halogens is 1. The summed E-state index contributed by atoms with van der Waals surface area (Å²) in [6.07, 6.45) is 7.54. The Morgan fingerprint density at radius 3 is 2.80 bits per heavy atom. The largest absolute Gasteiger partial charge is 0.453 e. The van der Waals surface area contributed by atoms with Gasteiger partial charge in [0.15, 0.2) is 0 Å². The van der Waals surface area contributed by atoms with E-state index in [4.69, 9.17) is 21.1 Å². The van der Waals surface area contributed by atoms with Gasteiger partial charge in [-0.15, -0.1) is 0 Å². The normalized spacial score (nSPS) is 27.8. The molecule has 0 aromatic heterocycles. The summed E-state index contributed by atoms with van der Waals surface area (Å²) in [5.41, 5.74) is 2.88. The van der Waals surface area contributed by atoms with Crippen molar-refractivity contribution in [3.05, 3.63) is 58.6 Å². The molecule has 2 aromatic carbocycles. The van der Waals surface area contributed by atoms with Crippen LogP contribution in [0.3, 0.4) is 0 Å². The number of rotatable bonds is 11. The fourth-order valence-corrected chi connectivity index (χ4v) is 7.55. The molecule has 3 N–H and O–H groups in total. The van der Waals surface area contributed by atoms with Crippen molar-refractivity contribution in [3.63, 3.8) is 0 Å². The predicted octanol–water partition coefficient (Wildman–Crippen LogP) is 5.72. The molecule has 8 heteroatoms. The van der Waals surface area contributed by atoms with Gasteiger partial charge >= 0.3 is 6.09 Å². The fraction of sp³-hybridized carbons (Fsp3) is 0.606. The molecule has 0 spiro atoms. The molecular weight excluding hydrogens is 538 g/mol. The summed E-state index contributed by atoms with van der Waals surface area (Å²) >= 11 is 6.91. The lowest BCUT2D eigenvalue weighted by Gasteiger charge is -2.43. The number of amides is 1. The maximum absolute atomic E-state index is 12.8. The average Bonchev–Trinajstić information content (AvgIpc) is 3.67. The van der Waals surface area contributed by atoms with Crippen molar-refractivity contribution < 1.29 is 19.4 Å². The van der Waals surface area contributed by atoms with E-state index in [1.807, 2.05) is 18.2 Å². The lowest BCUT2D eigenvalue weighted by atomic mass is 9.72. The van der Waals surface area contributed by atoms with E-state index in [2.05, 4.69) is 53.8 Å². The molecule has 0 bridgehead atoms. The van der Waals surface area contributed by atoms with Gasteiger partial charge in [-0.25, -0.2) is 4.79 Å². The van der Waals surface area contributed by atoms with Crippen LogP contribution in [0.15, 0.2) is 42.5 Å². The Bertz CT molecular complexity index is 1190. The first-order valence-electron chi connectivity index (χ1n) is 15.4. The molecule has 2 aromatic rings. The Morgan fingerprint density at radius 1 is 1.22 bits per heavy atom. The predicted molar refractivity (Wildman–Crippen MR) is 163 cm³/mol. The van der Waals surface area contributed by atoms with Gasteiger partial charge in [-0.1, -0.05) is 54.9 Å². The number of hydrogen-bond donors (Lipinski definition) is 3. The lowest BCUT2D eigenvalue weighted by molar-refractivity contribution is -0.0661. The van der Waals surface area contributed by atoms with E-state index in [1.54, 1.807) is 0 Å². The first-order chi connectivity index (χ1) is 19.9. The van der Waals surface area contributed by atoms with Crippen LogP contribution in [0.1, 0.15) is 63.0 Å². The van der Waals surface area contributed by atoms with Gasteiger partial charge < -0.3 is 25.2 Å². The summed E-state index contributed by atoms with van der Waals surface area (Å²) in [5.74, 6) is 0.603. The summed E-state index contributed by atoms with van der Waals surface area (Å²) in [5, 5.41) is 19.7. The molecule has 2 aliphatic heterocycles. The number of likely N-dealkylation sites (tertiary alicyclic amines) is 1. The maximum atomic E-state index is 12.8. The number of nitrogens with one attached hydrogen (secondary N) is 2. The third-order valence-electron chi connectivity index (χ3n) is 9.63. The van der Waals surface area contributed by atoms with Crippen LogP contribution in [-0.2, 0) is 21.5 Å². The number of hydrogen-bond acceptors (Lipinski definition) is 6. The fourth-order valence-electron chi connectivity index (χ4n) is 7.26. The van der Waals surface area contributed by atoms with Crippen LogP contribution >= 0.6 is 11.6 Å². The van der Waals surface area contributed by atoms with Gasteiger partial charge in [0.2, 0.25) is 0 Å². The van der Waals surface area contributed by atoms with Gasteiger partial charge in [-0.3, -0.25) is 4.90 Å². The number of carbonyl (C=O) groups is 1. The highest BCUT2D eigenvalue weighted by molar-refractivity contribution is 6.33. The molecule has 2 heterocycles. The zero-order valence-electron chi connectivity index (χ0n) is 24.7. The molecule has 7 nitrogen and oxygen atoms in total. The van der Waals surface area contributed by atoms with Crippen molar-refractivity contribution in [1.82, 2.24) is 15.5 Å². The van der Waals surface area contributed by atoms with Crippen molar-refractivity contribution in [2.24, 2.45) is 11.8 Å². The number of aryl methyl sites for hydroxylation is 1. The topological polar surface area (TPSA) is 86.4 Å². The molecule has 5 rings (SSSR count). The van der Waals surface area contributed by atoms with Crippen LogP contribution in [0.5, 0.6) is 0 Å². The SMILES string of the molecule is CCc1cccc(-c2c(Cl)cccc2[C@](O)(CCCNC(=O)OC)[C@@H]2CCCN(C3OC3[C@@H]3CC[C@H](NC)C3)C2)c1. The number of nitrogens with zero attached hydrogens (tertiary/aromatic N) is 1. The average molecular weight is 584 g/mol. The molecule has 3 fully saturated rings. The molecule has 1 amide bonds. The van der Waals surface area contributed by atoms with Crippen LogP contribution in [0.2, 0.25) is 5.02 Å². The Balaban J connectivity index is 1.42. The third kappa shape index (κ3) is 6.75. The van der Waals surface area contributed by atoms with Crippen molar-refractivity contribution in [2.75, 3.05) is 33.8 Å². The molecule has 3 aliphatic rings. The van der Waals surface area contributed by atoms with Gasteiger partial charge in [-0.05, 0) is 87.1 Å². The van der Waals surface area contributed by atoms with Crippen LogP contribution in [0.4, 0.5) is 4.79 Å². The molecule has 1 aliphatic carbocycles. The van der Waals surface area contributed by atoms with Crippen LogP contribution < -0.4 is 10.6 Å². The van der Waals surface area contributed by atoms with Crippen molar-refractivity contribution in [1.29, 1.82) is 0 Å². The highest BCUT2D eigenvalue weighted by Gasteiger charge is 2.52. The minimum Gasteiger partial charge on any atom is -0.453 e. The second kappa shape index (κ2) is 13.4. The summed E-state index contributed by atoms with van der Waals surface area (Å²) in [4.78, 5) is 14.2. The second-order valence-corrected chi connectivity index (χ2v) is 12.5. The minimum absolute atomic E-state index is 0.000522. The van der Waals surface area contributed by atoms with E-state index < -0.39 is 11.7 Å². The Hall–Kier alpha value is -2.16. The summed E-state index contributed by atoms with van der Waals surface area (Å²) in [6, 6.07) is 14.9. The number of ether oxygens (including phenoxy) is 2. The first kappa shape index (κ1) is 30.3. The third-order valence-corrected chi connectivity index (χ3v) is 9.94. The Morgan fingerprint density at radius 2 is 2.05 bits per heavy atom. The summed E-state index contributed by atoms with van der Waals surface area (Å²) < 4.78 is 11.1. The molecule has 41 heavy (non-hydrogen) atoms. The number of aliphatic hydroxyl groups is 1.